The van der Waals surface area contributed by atoms with Gasteiger partial charge < -0.3 is 20.1 Å². The lowest BCUT2D eigenvalue weighted by molar-refractivity contribution is 0.186. The highest BCUT2D eigenvalue weighted by molar-refractivity contribution is 7.92. The summed E-state index contributed by atoms with van der Waals surface area (Å²) in [6.45, 7) is 2.77. The molecule has 5 rings (SSSR count). The predicted octanol–water partition coefficient (Wildman–Crippen LogP) is 3.84. The smallest absolute Gasteiger partial charge is 0.317 e. The quantitative estimate of drug-likeness (QED) is 0.463. The molecule has 1 aromatic heterocycles. The molecule has 10 nitrogen and oxygen atoms in total. The highest BCUT2D eigenvalue weighted by Gasteiger charge is 2.27. The molecular weight excluding hydrogens is 514 g/mol. The van der Waals surface area contributed by atoms with Crippen molar-refractivity contribution < 1.29 is 13.2 Å². The molecule has 0 radical (unpaired) electrons. The number of sulfonamides is 1. The molecule has 0 unspecified atom stereocenters. The van der Waals surface area contributed by atoms with Gasteiger partial charge in [-0.1, -0.05) is 19.3 Å². The van der Waals surface area contributed by atoms with E-state index in [2.05, 4.69) is 20.2 Å². The average Bonchev–Trinajstić information content (AvgIpc) is 3.50. The Bertz CT molecular complexity index is 1390. The molecule has 2 N–H and O–H groups in total. The van der Waals surface area contributed by atoms with E-state index in [1.807, 2.05) is 23.1 Å². The van der Waals surface area contributed by atoms with Crippen LogP contribution < -0.4 is 14.5 Å². The minimum Gasteiger partial charge on any atom is -0.368 e. The standard InChI is InChI=1S/C28H33N7O3S/c29-18-22-6-12-27(13-7-22)39(37,38)35(20-24-19-30-21-31-24)26-10-8-25(9-11-26)33-14-16-34(17-15-33)28(36)32-23-4-2-1-3-5-23/h6-13,19,21,23H,1-5,14-17,20H2,(H,30,31)(H,32,36). The van der Waals surface area contributed by atoms with Crippen molar-refractivity contribution in [3.8, 4) is 6.07 Å². The monoisotopic (exact) mass is 547 g/mol. The van der Waals surface area contributed by atoms with Gasteiger partial charge in [0.2, 0.25) is 0 Å². The second-order valence-electron chi connectivity index (χ2n) is 10.00. The number of benzene rings is 2. The Kier molecular flexibility index (Phi) is 8.02. The summed E-state index contributed by atoms with van der Waals surface area (Å²) in [5.41, 5.74) is 2.54. The third kappa shape index (κ3) is 6.17. The fourth-order valence-corrected chi connectivity index (χ4v) is 6.62. The topological polar surface area (TPSA) is 125 Å². The van der Waals surface area contributed by atoms with Gasteiger partial charge in [-0.25, -0.2) is 18.2 Å². The van der Waals surface area contributed by atoms with E-state index in [4.69, 9.17) is 5.26 Å². The van der Waals surface area contributed by atoms with Crippen LogP contribution in [0, 0.1) is 11.3 Å². The van der Waals surface area contributed by atoms with Crippen LogP contribution in [0.1, 0.15) is 43.4 Å². The lowest BCUT2D eigenvalue weighted by Crippen LogP contribution is -2.53. The van der Waals surface area contributed by atoms with E-state index in [1.165, 1.54) is 54.2 Å². The van der Waals surface area contributed by atoms with Gasteiger partial charge in [0.1, 0.15) is 0 Å². The number of urea groups is 1. The maximum absolute atomic E-state index is 13.6. The predicted molar refractivity (Wildman–Crippen MR) is 149 cm³/mol. The van der Waals surface area contributed by atoms with Crippen LogP contribution in [0.3, 0.4) is 0 Å². The van der Waals surface area contributed by atoms with E-state index >= 15 is 0 Å². The molecule has 204 valence electrons. The number of carbonyl (C=O) groups excluding carboxylic acids is 1. The summed E-state index contributed by atoms with van der Waals surface area (Å²) in [5, 5.41) is 12.3. The molecule has 2 amide bonds. The summed E-state index contributed by atoms with van der Waals surface area (Å²) in [4.78, 5) is 23.9. The minimum atomic E-state index is -3.91. The van der Waals surface area contributed by atoms with Crippen LogP contribution >= 0.6 is 0 Å². The number of hydrogen-bond acceptors (Lipinski definition) is 6. The normalized spacial score (nSPS) is 16.5. The summed E-state index contributed by atoms with van der Waals surface area (Å²) in [6.07, 6.45) is 8.87. The molecule has 1 saturated heterocycles. The molecule has 11 heteroatoms. The number of piperazine rings is 1. The maximum Gasteiger partial charge on any atom is 0.317 e. The van der Waals surface area contributed by atoms with Gasteiger partial charge in [-0.15, -0.1) is 0 Å². The molecule has 0 spiro atoms. The number of H-pyrrole nitrogens is 1. The van der Waals surface area contributed by atoms with Crippen LogP contribution in [-0.4, -0.2) is 61.5 Å². The van der Waals surface area contributed by atoms with Crippen LogP contribution in [0.25, 0.3) is 0 Å². The number of aromatic amines is 1. The van der Waals surface area contributed by atoms with Gasteiger partial charge in [0, 0.05) is 44.1 Å². The van der Waals surface area contributed by atoms with Gasteiger partial charge in [-0.3, -0.25) is 4.31 Å². The first kappa shape index (κ1) is 26.6. The number of nitrogens with zero attached hydrogens (tertiary/aromatic N) is 5. The molecule has 0 bridgehead atoms. The summed E-state index contributed by atoms with van der Waals surface area (Å²) in [7, 11) is -3.91. The highest BCUT2D eigenvalue weighted by atomic mass is 32.2. The number of rotatable bonds is 7. The fraction of sp³-hybridized carbons (Fsp3) is 0.393. The number of imidazole rings is 1. The lowest BCUT2D eigenvalue weighted by Gasteiger charge is -2.37. The molecule has 39 heavy (non-hydrogen) atoms. The van der Waals surface area contributed by atoms with Crippen LogP contribution in [0.4, 0.5) is 16.2 Å². The number of amides is 2. The van der Waals surface area contributed by atoms with Crippen molar-refractivity contribution in [1.82, 2.24) is 20.2 Å². The third-order valence-corrected chi connectivity index (χ3v) is 9.23. The number of carbonyl (C=O) groups is 1. The highest BCUT2D eigenvalue weighted by Crippen LogP contribution is 2.28. The Morgan fingerprint density at radius 2 is 1.72 bits per heavy atom. The Balaban J connectivity index is 1.28. The minimum absolute atomic E-state index is 0.0272. The van der Waals surface area contributed by atoms with E-state index in [1.54, 1.807) is 18.3 Å². The van der Waals surface area contributed by atoms with Crippen LogP contribution in [0.5, 0.6) is 0 Å². The Hall–Kier alpha value is -4.04. The molecule has 1 aliphatic heterocycles. The van der Waals surface area contributed by atoms with E-state index in [0.29, 0.717) is 49.2 Å². The van der Waals surface area contributed by atoms with Crippen molar-refractivity contribution >= 4 is 27.4 Å². The Morgan fingerprint density at radius 3 is 2.33 bits per heavy atom. The number of aromatic nitrogens is 2. The van der Waals surface area contributed by atoms with Crippen molar-refractivity contribution in [2.45, 2.75) is 49.6 Å². The Labute approximate surface area is 229 Å². The van der Waals surface area contributed by atoms with Gasteiger partial charge >= 0.3 is 6.03 Å². The summed E-state index contributed by atoms with van der Waals surface area (Å²) < 4.78 is 28.6. The van der Waals surface area contributed by atoms with Crippen LogP contribution in [0.15, 0.2) is 66.0 Å². The largest absolute Gasteiger partial charge is 0.368 e. The Morgan fingerprint density at radius 1 is 1.03 bits per heavy atom. The first-order valence-corrected chi connectivity index (χ1v) is 14.8. The fourth-order valence-electron chi connectivity index (χ4n) is 5.18. The van der Waals surface area contributed by atoms with Crippen molar-refractivity contribution in [3.63, 3.8) is 0 Å². The molecule has 2 fully saturated rings. The zero-order chi connectivity index (χ0) is 27.2. The van der Waals surface area contributed by atoms with Gasteiger partial charge in [-0.2, -0.15) is 5.26 Å². The molecule has 0 atom stereocenters. The molecule has 2 heterocycles. The van der Waals surface area contributed by atoms with E-state index < -0.39 is 10.0 Å². The van der Waals surface area contributed by atoms with Crippen molar-refractivity contribution in [2.75, 3.05) is 35.4 Å². The van der Waals surface area contributed by atoms with Gasteiger partial charge in [0.15, 0.2) is 0 Å². The summed E-state index contributed by atoms with van der Waals surface area (Å²) in [6, 6.07) is 15.7. The molecule has 1 saturated carbocycles. The number of hydrogen-bond donors (Lipinski definition) is 2. The first-order valence-electron chi connectivity index (χ1n) is 13.3. The molecule has 1 aliphatic carbocycles. The third-order valence-electron chi connectivity index (χ3n) is 7.44. The number of anilines is 2. The van der Waals surface area contributed by atoms with Crippen LogP contribution in [-0.2, 0) is 16.6 Å². The van der Waals surface area contributed by atoms with Gasteiger partial charge in [0.25, 0.3) is 10.0 Å². The van der Waals surface area contributed by atoms with E-state index in [0.717, 1.165) is 18.5 Å². The van der Waals surface area contributed by atoms with Crippen molar-refractivity contribution in [3.05, 3.63) is 72.3 Å². The SMILES string of the molecule is N#Cc1ccc(S(=O)(=O)N(Cc2cnc[nH]2)c2ccc(N3CCN(C(=O)NC4CCCCC4)CC3)cc2)cc1. The maximum atomic E-state index is 13.6. The lowest BCUT2D eigenvalue weighted by atomic mass is 9.96. The van der Waals surface area contributed by atoms with Gasteiger partial charge in [0.05, 0.1) is 40.8 Å². The molecule has 2 aromatic carbocycles. The zero-order valence-electron chi connectivity index (χ0n) is 21.8. The van der Waals surface area contributed by atoms with E-state index in [-0.39, 0.29) is 17.5 Å². The van der Waals surface area contributed by atoms with Crippen LogP contribution in [0.2, 0.25) is 0 Å². The first-order chi connectivity index (χ1) is 18.9. The molecule has 3 aromatic rings. The zero-order valence-corrected chi connectivity index (χ0v) is 22.6. The second kappa shape index (κ2) is 11.8. The van der Waals surface area contributed by atoms with Gasteiger partial charge in [-0.05, 0) is 61.4 Å². The molecular formula is C28H33N7O3S. The average molecular weight is 548 g/mol. The van der Waals surface area contributed by atoms with Crippen molar-refractivity contribution in [1.29, 1.82) is 5.26 Å². The number of nitrogens with one attached hydrogen (secondary N) is 2. The van der Waals surface area contributed by atoms with E-state index in [9.17, 15) is 13.2 Å². The van der Waals surface area contributed by atoms with Crippen molar-refractivity contribution in [2.24, 2.45) is 0 Å². The summed E-state index contributed by atoms with van der Waals surface area (Å²) >= 11 is 0. The second-order valence-corrected chi connectivity index (χ2v) is 11.9. The molecule has 2 aliphatic rings. The summed E-state index contributed by atoms with van der Waals surface area (Å²) in [5.74, 6) is 0. The number of nitriles is 1.